The number of benzene rings is 1. The standard InChI is InChI=1S/C23H28FN5O3/c1-14(2)26-23(31)17-4-5-20(25-12-17)29-8-6-28(7-9-29)13-16-10-18(24)21-19(11-16)27-22(30)15(3)32-21/h4-5,10-12,14-15H,6-9,13H2,1-3H3,(H,26,31)(H,27,30). The molecule has 3 heterocycles. The van der Waals surface area contributed by atoms with Crippen molar-refractivity contribution in [1.29, 1.82) is 0 Å². The van der Waals surface area contributed by atoms with Gasteiger partial charge >= 0.3 is 0 Å². The van der Waals surface area contributed by atoms with Gasteiger partial charge in [-0.1, -0.05) is 0 Å². The lowest BCUT2D eigenvalue weighted by molar-refractivity contribution is -0.122. The third-order valence-electron chi connectivity index (χ3n) is 5.56. The first-order valence-electron chi connectivity index (χ1n) is 10.8. The topological polar surface area (TPSA) is 86.8 Å². The molecule has 9 heteroatoms. The van der Waals surface area contributed by atoms with Gasteiger partial charge in [-0.05, 0) is 50.6 Å². The Kier molecular flexibility index (Phi) is 6.27. The number of aromatic nitrogens is 1. The van der Waals surface area contributed by atoms with Crippen LogP contribution in [0.3, 0.4) is 0 Å². The van der Waals surface area contributed by atoms with Crippen LogP contribution in [0.1, 0.15) is 36.7 Å². The van der Waals surface area contributed by atoms with Gasteiger partial charge in [-0.25, -0.2) is 9.37 Å². The number of pyridine rings is 1. The second-order valence-electron chi connectivity index (χ2n) is 8.50. The zero-order valence-corrected chi connectivity index (χ0v) is 18.5. The highest BCUT2D eigenvalue weighted by molar-refractivity contribution is 5.97. The van der Waals surface area contributed by atoms with E-state index < -0.39 is 11.9 Å². The summed E-state index contributed by atoms with van der Waals surface area (Å²) in [5.41, 5.74) is 1.71. The monoisotopic (exact) mass is 441 g/mol. The van der Waals surface area contributed by atoms with E-state index >= 15 is 0 Å². The van der Waals surface area contributed by atoms with Crippen LogP contribution in [-0.2, 0) is 11.3 Å². The van der Waals surface area contributed by atoms with Crippen LogP contribution >= 0.6 is 0 Å². The maximum absolute atomic E-state index is 14.5. The van der Waals surface area contributed by atoms with Gasteiger partial charge in [-0.3, -0.25) is 14.5 Å². The number of hydrogen-bond acceptors (Lipinski definition) is 6. The molecule has 1 saturated heterocycles. The van der Waals surface area contributed by atoms with E-state index in [9.17, 15) is 14.0 Å². The fraction of sp³-hybridized carbons (Fsp3) is 0.435. The van der Waals surface area contributed by atoms with Crippen LogP contribution in [0.5, 0.6) is 5.75 Å². The molecule has 0 aliphatic carbocycles. The second kappa shape index (κ2) is 9.12. The summed E-state index contributed by atoms with van der Waals surface area (Å²) in [7, 11) is 0. The van der Waals surface area contributed by atoms with Crippen molar-refractivity contribution >= 4 is 23.3 Å². The molecule has 1 unspecified atom stereocenters. The van der Waals surface area contributed by atoms with Crippen LogP contribution in [0.15, 0.2) is 30.5 Å². The number of ether oxygens (including phenoxy) is 1. The van der Waals surface area contributed by atoms with Crippen LogP contribution in [0, 0.1) is 5.82 Å². The Bertz CT molecular complexity index is 1000. The fourth-order valence-corrected chi connectivity index (χ4v) is 3.86. The van der Waals surface area contributed by atoms with Crippen molar-refractivity contribution in [2.45, 2.75) is 39.5 Å². The minimum absolute atomic E-state index is 0.0752. The van der Waals surface area contributed by atoms with Crippen molar-refractivity contribution in [3.63, 3.8) is 0 Å². The highest BCUT2D eigenvalue weighted by Gasteiger charge is 2.27. The highest BCUT2D eigenvalue weighted by Crippen LogP contribution is 2.34. The van der Waals surface area contributed by atoms with E-state index in [2.05, 4.69) is 25.4 Å². The van der Waals surface area contributed by atoms with Crippen molar-refractivity contribution in [1.82, 2.24) is 15.2 Å². The van der Waals surface area contributed by atoms with Gasteiger partial charge in [0.15, 0.2) is 17.7 Å². The first-order valence-corrected chi connectivity index (χ1v) is 10.8. The lowest BCUT2D eigenvalue weighted by atomic mass is 10.1. The van der Waals surface area contributed by atoms with E-state index in [1.165, 1.54) is 6.07 Å². The number of piperazine rings is 1. The van der Waals surface area contributed by atoms with Gasteiger partial charge in [-0.2, -0.15) is 0 Å². The molecule has 4 rings (SSSR count). The Morgan fingerprint density at radius 1 is 1.28 bits per heavy atom. The molecular formula is C23H28FN5O3. The molecule has 170 valence electrons. The van der Waals surface area contributed by atoms with Crippen LogP contribution in [0.25, 0.3) is 0 Å². The zero-order chi connectivity index (χ0) is 22.8. The maximum Gasteiger partial charge on any atom is 0.265 e. The van der Waals surface area contributed by atoms with Crippen molar-refractivity contribution in [3.05, 3.63) is 47.4 Å². The quantitative estimate of drug-likeness (QED) is 0.741. The molecule has 0 saturated carbocycles. The van der Waals surface area contributed by atoms with Crippen LogP contribution < -0.4 is 20.3 Å². The first kappa shape index (κ1) is 22.0. The lowest BCUT2D eigenvalue weighted by Gasteiger charge is -2.35. The van der Waals surface area contributed by atoms with Gasteiger partial charge in [0.1, 0.15) is 5.82 Å². The number of carbonyl (C=O) groups is 2. The molecule has 2 N–H and O–H groups in total. The van der Waals surface area contributed by atoms with Gasteiger partial charge in [0, 0.05) is 45.0 Å². The predicted octanol–water partition coefficient (Wildman–Crippen LogP) is 2.40. The molecule has 32 heavy (non-hydrogen) atoms. The molecule has 2 aliphatic rings. The summed E-state index contributed by atoms with van der Waals surface area (Å²) in [6.07, 6.45) is 0.898. The molecule has 1 fully saturated rings. The molecule has 2 amide bonds. The lowest BCUT2D eigenvalue weighted by Crippen LogP contribution is -2.46. The normalized spacial score (nSPS) is 18.7. The number of fused-ring (bicyclic) bond motifs is 1. The molecule has 0 spiro atoms. The number of rotatable bonds is 5. The Balaban J connectivity index is 1.35. The van der Waals surface area contributed by atoms with Crippen molar-refractivity contribution in [2.24, 2.45) is 0 Å². The van der Waals surface area contributed by atoms with Gasteiger partial charge in [0.25, 0.3) is 11.8 Å². The van der Waals surface area contributed by atoms with E-state index in [1.807, 2.05) is 19.9 Å². The smallest absolute Gasteiger partial charge is 0.265 e. The molecule has 2 aromatic rings. The van der Waals surface area contributed by atoms with Gasteiger partial charge in [0.2, 0.25) is 0 Å². The van der Waals surface area contributed by atoms with Crippen molar-refractivity contribution in [3.8, 4) is 5.75 Å². The Labute approximate surface area is 186 Å². The summed E-state index contributed by atoms with van der Waals surface area (Å²) in [4.78, 5) is 32.8. The van der Waals surface area contributed by atoms with E-state index in [0.29, 0.717) is 17.8 Å². The Morgan fingerprint density at radius 2 is 2.03 bits per heavy atom. The molecular weight excluding hydrogens is 413 g/mol. The van der Waals surface area contributed by atoms with Crippen molar-refractivity contribution in [2.75, 3.05) is 36.4 Å². The van der Waals surface area contributed by atoms with Crippen LogP contribution in [-0.4, -0.2) is 60.0 Å². The second-order valence-corrected chi connectivity index (χ2v) is 8.50. The van der Waals surface area contributed by atoms with Gasteiger partial charge in [-0.15, -0.1) is 0 Å². The Hall–Kier alpha value is -3.20. The number of anilines is 2. The molecule has 8 nitrogen and oxygen atoms in total. The maximum atomic E-state index is 14.5. The number of halogens is 1. The van der Waals surface area contributed by atoms with E-state index in [0.717, 1.165) is 37.6 Å². The van der Waals surface area contributed by atoms with Crippen molar-refractivity contribution < 1.29 is 18.7 Å². The SMILES string of the molecule is CC(C)NC(=O)c1ccc(N2CCN(Cc3cc(F)c4c(c3)NC(=O)C(C)O4)CC2)nc1. The molecule has 1 aromatic carbocycles. The molecule has 2 aliphatic heterocycles. The predicted molar refractivity (Wildman–Crippen MR) is 119 cm³/mol. The average molecular weight is 442 g/mol. The third kappa shape index (κ3) is 4.83. The highest BCUT2D eigenvalue weighted by atomic mass is 19.1. The fourth-order valence-electron chi connectivity index (χ4n) is 3.86. The summed E-state index contributed by atoms with van der Waals surface area (Å²) in [5.74, 6) is 0.0654. The summed E-state index contributed by atoms with van der Waals surface area (Å²) >= 11 is 0. The minimum Gasteiger partial charge on any atom is -0.476 e. The molecule has 1 atom stereocenters. The Morgan fingerprint density at radius 3 is 2.69 bits per heavy atom. The van der Waals surface area contributed by atoms with E-state index in [4.69, 9.17) is 4.74 Å². The van der Waals surface area contributed by atoms with Gasteiger partial charge in [0.05, 0.1) is 11.3 Å². The zero-order valence-electron chi connectivity index (χ0n) is 18.5. The summed E-state index contributed by atoms with van der Waals surface area (Å²) in [6, 6.07) is 6.98. The van der Waals surface area contributed by atoms with Gasteiger partial charge < -0.3 is 20.3 Å². The van der Waals surface area contributed by atoms with E-state index in [1.54, 1.807) is 25.3 Å². The number of hydrogen-bond donors (Lipinski definition) is 2. The molecule has 0 bridgehead atoms. The first-order chi connectivity index (χ1) is 15.3. The number of nitrogens with zero attached hydrogens (tertiary/aromatic N) is 3. The number of nitrogens with one attached hydrogen (secondary N) is 2. The average Bonchev–Trinajstić information content (AvgIpc) is 2.75. The summed E-state index contributed by atoms with van der Waals surface area (Å²) in [6.45, 7) is 9.12. The van der Waals surface area contributed by atoms with Crippen LogP contribution in [0.2, 0.25) is 0 Å². The molecule has 0 radical (unpaired) electrons. The minimum atomic E-state index is -0.705. The third-order valence-corrected chi connectivity index (χ3v) is 5.56. The number of amides is 2. The number of carbonyl (C=O) groups excluding carboxylic acids is 2. The summed E-state index contributed by atoms with van der Waals surface area (Å²) < 4.78 is 19.9. The summed E-state index contributed by atoms with van der Waals surface area (Å²) in [5, 5.41) is 5.57. The molecule has 1 aromatic heterocycles. The van der Waals surface area contributed by atoms with Crippen LogP contribution in [0.4, 0.5) is 15.9 Å². The van der Waals surface area contributed by atoms with E-state index in [-0.39, 0.29) is 23.6 Å². The largest absolute Gasteiger partial charge is 0.476 e.